The van der Waals surface area contributed by atoms with Crippen molar-refractivity contribution in [3.05, 3.63) is 4.91 Å². The highest BCUT2D eigenvalue weighted by Gasteiger charge is 2.45. The highest BCUT2D eigenvalue weighted by molar-refractivity contribution is 8.77. The van der Waals surface area contributed by atoms with Gasteiger partial charge in [-0.2, -0.15) is 9.88 Å². The molecule has 150 valence electrons. The second-order valence-corrected chi connectivity index (χ2v) is 10.9. The smallest absolute Gasteiger partial charge is 0.225 e. The Labute approximate surface area is 164 Å². The summed E-state index contributed by atoms with van der Waals surface area (Å²) >= 11 is 0. The van der Waals surface area contributed by atoms with Crippen molar-refractivity contribution in [1.82, 2.24) is 5.32 Å². The molecule has 1 saturated heterocycles. The molecule has 0 aromatic carbocycles. The molecule has 1 aliphatic carbocycles. The number of hydrogen-bond acceptors (Lipinski definition) is 7. The molecular weight excluding hydrogens is 372 g/mol. The van der Waals surface area contributed by atoms with Crippen LogP contribution in [0.15, 0.2) is 5.34 Å². The fourth-order valence-electron chi connectivity index (χ4n) is 4.39. The summed E-state index contributed by atoms with van der Waals surface area (Å²) in [6.07, 6.45) is 7.35. The molecule has 2 fully saturated rings. The summed E-state index contributed by atoms with van der Waals surface area (Å²) in [6, 6.07) is 0. The maximum atomic E-state index is 12.7. The largest absolute Gasteiger partial charge is 0.356 e. The van der Waals surface area contributed by atoms with E-state index in [9.17, 15) is 9.70 Å². The van der Waals surface area contributed by atoms with Crippen molar-refractivity contribution in [2.75, 3.05) is 12.3 Å². The van der Waals surface area contributed by atoms with Crippen molar-refractivity contribution in [1.29, 1.82) is 0 Å². The van der Waals surface area contributed by atoms with Gasteiger partial charge < -0.3 is 5.32 Å². The maximum Gasteiger partial charge on any atom is 0.225 e. The van der Waals surface area contributed by atoms with E-state index in [1.165, 1.54) is 31.4 Å². The summed E-state index contributed by atoms with van der Waals surface area (Å²) in [4.78, 5) is 32.1. The van der Waals surface area contributed by atoms with E-state index >= 15 is 0 Å². The van der Waals surface area contributed by atoms with Crippen LogP contribution in [0, 0.1) is 22.2 Å². The summed E-state index contributed by atoms with van der Waals surface area (Å²) in [7, 11) is 4.04. The summed E-state index contributed by atoms with van der Waals surface area (Å²) in [5.74, 6) is 1.67. The van der Waals surface area contributed by atoms with Gasteiger partial charge in [-0.25, -0.2) is 0 Å². The second kappa shape index (κ2) is 10.8. The van der Waals surface area contributed by atoms with Crippen LogP contribution in [0.5, 0.6) is 0 Å². The maximum absolute atomic E-state index is 12.7. The number of carbonyl (C=O) groups excluding carboxylic acids is 1. The Hall–Kier alpha value is -0.470. The van der Waals surface area contributed by atoms with Gasteiger partial charge in [0.05, 0.1) is 0 Å². The third kappa shape index (κ3) is 6.30. The van der Waals surface area contributed by atoms with Gasteiger partial charge in [0, 0.05) is 23.0 Å². The number of nitrogens with one attached hydrogen (secondary N) is 1. The third-order valence-corrected chi connectivity index (χ3v) is 8.62. The monoisotopic (exact) mass is 404 g/mol. The summed E-state index contributed by atoms with van der Waals surface area (Å²) < 4.78 is 0. The molecule has 2 rings (SSSR count). The lowest BCUT2D eigenvalue weighted by molar-refractivity contribution is -0.350. The minimum Gasteiger partial charge on any atom is -0.356 e. The van der Waals surface area contributed by atoms with Crippen molar-refractivity contribution in [2.45, 2.75) is 77.1 Å². The van der Waals surface area contributed by atoms with Crippen molar-refractivity contribution in [3.8, 4) is 0 Å². The van der Waals surface area contributed by atoms with Crippen LogP contribution in [0.25, 0.3) is 0 Å². The zero-order chi connectivity index (χ0) is 19.0. The minimum absolute atomic E-state index is 0.123. The molecule has 0 radical (unpaired) electrons. The lowest BCUT2D eigenvalue weighted by Gasteiger charge is -2.42. The average molecular weight is 405 g/mol. The fraction of sp³-hybridized carbons (Fsp3) is 0.944. The molecule has 1 saturated carbocycles. The second-order valence-electron chi connectivity index (χ2n) is 8.07. The first kappa shape index (κ1) is 21.8. The summed E-state index contributed by atoms with van der Waals surface area (Å²) in [5, 5.41) is 6.28. The Morgan fingerprint density at radius 2 is 1.96 bits per heavy atom. The topological polar surface area (TPSA) is 77.0 Å². The molecule has 1 amide bonds. The number of carbonyl (C=O) groups is 1. The molecule has 0 spiro atoms. The van der Waals surface area contributed by atoms with Gasteiger partial charge in [-0.15, -0.1) is 4.91 Å². The zero-order valence-electron chi connectivity index (χ0n) is 16.1. The normalized spacial score (nSPS) is 34.4. The van der Waals surface area contributed by atoms with Crippen LogP contribution in [-0.2, 0) is 14.7 Å². The average Bonchev–Trinajstić information content (AvgIpc) is 3.10. The van der Waals surface area contributed by atoms with Crippen LogP contribution in [0.4, 0.5) is 0 Å². The first-order chi connectivity index (χ1) is 12.5. The van der Waals surface area contributed by atoms with Gasteiger partial charge in [0.1, 0.15) is 6.10 Å². The van der Waals surface area contributed by atoms with Crippen LogP contribution < -0.4 is 5.32 Å². The number of rotatable bonds is 10. The Balaban J connectivity index is 1.66. The van der Waals surface area contributed by atoms with Gasteiger partial charge in [0.15, 0.2) is 5.34 Å². The van der Waals surface area contributed by atoms with E-state index in [2.05, 4.69) is 15.6 Å². The van der Waals surface area contributed by atoms with E-state index in [1.807, 2.05) is 42.4 Å². The van der Waals surface area contributed by atoms with Gasteiger partial charge >= 0.3 is 0 Å². The molecular formula is C18H32N2O4S2. The highest BCUT2D eigenvalue weighted by Crippen LogP contribution is 2.43. The van der Waals surface area contributed by atoms with Gasteiger partial charge in [0.2, 0.25) is 5.91 Å². The SMILES string of the molecule is CC1CC(C)(C(=O)NCCCCCC2CCSS2)CC(C)C1OON=O. The number of amides is 1. The predicted molar refractivity (Wildman–Crippen MR) is 107 cm³/mol. The van der Waals surface area contributed by atoms with Gasteiger partial charge in [0.25, 0.3) is 0 Å². The van der Waals surface area contributed by atoms with Crippen molar-refractivity contribution in [3.63, 3.8) is 0 Å². The fourth-order valence-corrected chi connectivity index (χ4v) is 7.42. The van der Waals surface area contributed by atoms with Gasteiger partial charge in [-0.05, 0) is 43.9 Å². The Morgan fingerprint density at radius 3 is 2.58 bits per heavy atom. The molecule has 8 heteroatoms. The number of nitrogens with zero attached hydrogens (tertiary/aromatic N) is 1. The molecule has 6 nitrogen and oxygen atoms in total. The minimum atomic E-state index is -0.398. The molecule has 1 N–H and O–H groups in total. The molecule has 2 aliphatic rings. The standard InChI is InChI=1S/C18H32N2O4S2/c1-13-11-18(3,12-14(2)16(13)23-24-20-22)17(21)19-9-6-4-5-7-15-8-10-25-26-15/h13-16H,4-12H2,1-3H3,(H,19,21). The van der Waals surface area contributed by atoms with Crippen LogP contribution in [-0.4, -0.2) is 29.6 Å². The molecule has 3 atom stereocenters. The zero-order valence-corrected chi connectivity index (χ0v) is 17.7. The lowest BCUT2D eigenvalue weighted by atomic mass is 9.65. The van der Waals surface area contributed by atoms with Crippen LogP contribution in [0.3, 0.4) is 0 Å². The van der Waals surface area contributed by atoms with E-state index in [0.717, 1.165) is 18.2 Å². The highest BCUT2D eigenvalue weighted by atomic mass is 33.1. The lowest BCUT2D eigenvalue weighted by Crippen LogP contribution is -2.48. The Kier molecular flexibility index (Phi) is 9.03. The number of unbranched alkanes of at least 4 members (excludes halogenated alkanes) is 2. The van der Waals surface area contributed by atoms with E-state index in [1.54, 1.807) is 0 Å². The van der Waals surface area contributed by atoms with Crippen LogP contribution >= 0.6 is 21.6 Å². The molecule has 0 aromatic rings. The molecule has 1 heterocycles. The van der Waals surface area contributed by atoms with Gasteiger partial charge in [-0.3, -0.25) is 4.79 Å². The van der Waals surface area contributed by atoms with Crippen LogP contribution in [0.2, 0.25) is 0 Å². The van der Waals surface area contributed by atoms with Gasteiger partial charge in [-0.1, -0.05) is 55.2 Å². The molecule has 3 unspecified atom stereocenters. The van der Waals surface area contributed by atoms with E-state index in [0.29, 0.717) is 12.8 Å². The molecule has 26 heavy (non-hydrogen) atoms. The van der Waals surface area contributed by atoms with E-state index in [-0.39, 0.29) is 23.8 Å². The predicted octanol–water partition coefficient (Wildman–Crippen LogP) is 4.89. The van der Waals surface area contributed by atoms with Crippen molar-refractivity contribution in [2.24, 2.45) is 22.6 Å². The molecule has 0 aromatic heterocycles. The van der Waals surface area contributed by atoms with Crippen LogP contribution in [0.1, 0.15) is 65.7 Å². The Bertz CT molecular complexity index is 448. The first-order valence-corrected chi connectivity index (χ1v) is 12.1. The van der Waals surface area contributed by atoms with E-state index < -0.39 is 5.41 Å². The first-order valence-electron chi connectivity index (χ1n) is 9.68. The molecule has 1 aliphatic heterocycles. The summed E-state index contributed by atoms with van der Waals surface area (Å²) in [6.45, 7) is 6.83. The van der Waals surface area contributed by atoms with E-state index in [4.69, 9.17) is 4.89 Å². The Morgan fingerprint density at radius 1 is 1.23 bits per heavy atom. The quantitative estimate of drug-likeness (QED) is 0.184. The van der Waals surface area contributed by atoms with Crippen molar-refractivity contribution >= 4 is 27.5 Å². The third-order valence-electron chi connectivity index (χ3n) is 5.62. The number of hydrogen-bond donors (Lipinski definition) is 1. The molecule has 0 bridgehead atoms. The van der Waals surface area contributed by atoms with Crippen molar-refractivity contribution < 1.29 is 14.7 Å². The summed E-state index contributed by atoms with van der Waals surface area (Å²) in [5.41, 5.74) is -0.398.